The Bertz CT molecular complexity index is 430. The van der Waals surface area contributed by atoms with Crippen LogP contribution in [0.25, 0.3) is 0 Å². The maximum absolute atomic E-state index is 14.2. The molecule has 17 heavy (non-hydrogen) atoms. The lowest BCUT2D eigenvalue weighted by Gasteiger charge is -2.26. The van der Waals surface area contributed by atoms with E-state index in [1.165, 1.54) is 0 Å². The van der Waals surface area contributed by atoms with Crippen molar-refractivity contribution in [2.24, 2.45) is 0 Å². The van der Waals surface area contributed by atoms with Crippen LogP contribution in [0.5, 0.6) is 0 Å². The van der Waals surface area contributed by atoms with Gasteiger partial charge in [0.05, 0.1) is 6.61 Å². The van der Waals surface area contributed by atoms with Gasteiger partial charge in [0.1, 0.15) is 0 Å². The molecule has 0 radical (unpaired) electrons. The number of cyclic esters (lactones) is 1. The Balaban J connectivity index is 2.11. The molecule has 0 aromatic heterocycles. The zero-order chi connectivity index (χ0) is 12.3. The summed E-state index contributed by atoms with van der Waals surface area (Å²) in [5, 5.41) is 0. The molecule has 90 valence electrons. The van der Waals surface area contributed by atoms with E-state index in [0.29, 0.717) is 12.0 Å². The lowest BCUT2D eigenvalue weighted by molar-refractivity contribution is -0.168. The van der Waals surface area contributed by atoms with E-state index in [1.807, 2.05) is 6.07 Å². The first-order valence-corrected chi connectivity index (χ1v) is 5.56. The monoisotopic (exact) mass is 236 g/mol. The maximum Gasteiger partial charge on any atom is 0.351 e. The fourth-order valence-corrected chi connectivity index (χ4v) is 1.87. The highest BCUT2D eigenvalue weighted by Gasteiger charge is 2.48. The minimum Gasteiger partial charge on any atom is -0.463 e. The second kappa shape index (κ2) is 4.65. The van der Waals surface area contributed by atoms with Gasteiger partial charge in [0.25, 0.3) is 5.67 Å². The zero-order valence-electron chi connectivity index (χ0n) is 9.32. The molecule has 0 spiro atoms. The molecule has 0 bridgehead atoms. The number of carbonyl (C=O) groups is 2. The van der Waals surface area contributed by atoms with Crippen molar-refractivity contribution < 1.29 is 18.7 Å². The molecular formula is C13H13FO3. The van der Waals surface area contributed by atoms with Crippen LogP contribution in [-0.2, 0) is 20.7 Å². The van der Waals surface area contributed by atoms with E-state index in [2.05, 4.69) is 4.74 Å². The summed E-state index contributed by atoms with van der Waals surface area (Å²) in [6.45, 7) is 0.198. The van der Waals surface area contributed by atoms with Gasteiger partial charge in [0.15, 0.2) is 5.78 Å². The number of Topliss-reactive ketones (excluding diaryl/α,β-unsaturated/α-hetero) is 1. The highest BCUT2D eigenvalue weighted by molar-refractivity contribution is 6.08. The maximum atomic E-state index is 14.2. The van der Waals surface area contributed by atoms with Crippen molar-refractivity contribution in [1.82, 2.24) is 0 Å². The Morgan fingerprint density at radius 1 is 1.35 bits per heavy atom. The lowest BCUT2D eigenvalue weighted by Crippen LogP contribution is -2.47. The fourth-order valence-electron chi connectivity index (χ4n) is 1.87. The smallest absolute Gasteiger partial charge is 0.351 e. The van der Waals surface area contributed by atoms with Crippen LogP contribution in [-0.4, -0.2) is 24.0 Å². The number of rotatable bonds is 3. The van der Waals surface area contributed by atoms with Gasteiger partial charge in [0.2, 0.25) is 0 Å². The number of hydrogen-bond donors (Lipinski definition) is 0. The van der Waals surface area contributed by atoms with Crippen LogP contribution in [0, 0.1) is 0 Å². The molecule has 0 N–H and O–H groups in total. The summed E-state index contributed by atoms with van der Waals surface area (Å²) in [5.74, 6) is -1.75. The van der Waals surface area contributed by atoms with Crippen molar-refractivity contribution in [3.63, 3.8) is 0 Å². The molecule has 1 heterocycles. The molecule has 1 aliphatic heterocycles. The van der Waals surface area contributed by atoms with E-state index in [0.717, 1.165) is 0 Å². The Morgan fingerprint density at radius 2 is 2.06 bits per heavy atom. The predicted octanol–water partition coefficient (Wildman–Crippen LogP) is 1.84. The summed E-state index contributed by atoms with van der Waals surface area (Å²) >= 11 is 0. The number of carbonyl (C=O) groups excluding carboxylic acids is 2. The van der Waals surface area contributed by atoms with E-state index >= 15 is 0 Å². The summed E-state index contributed by atoms with van der Waals surface area (Å²) in [6, 6.07) is 8.82. The second-order valence-electron chi connectivity index (χ2n) is 4.13. The number of esters is 1. The summed E-state index contributed by atoms with van der Waals surface area (Å²) < 4.78 is 18.8. The lowest BCUT2D eigenvalue weighted by atomic mass is 9.89. The molecule has 0 saturated carbocycles. The highest BCUT2D eigenvalue weighted by atomic mass is 19.1. The molecular weight excluding hydrogens is 223 g/mol. The van der Waals surface area contributed by atoms with Crippen molar-refractivity contribution >= 4 is 11.8 Å². The highest BCUT2D eigenvalue weighted by Crippen LogP contribution is 2.27. The summed E-state index contributed by atoms with van der Waals surface area (Å²) in [7, 11) is 0. The van der Waals surface area contributed by atoms with Crippen molar-refractivity contribution in [3.05, 3.63) is 35.9 Å². The van der Waals surface area contributed by atoms with Gasteiger partial charge in [-0.15, -0.1) is 0 Å². The van der Waals surface area contributed by atoms with Gasteiger partial charge in [-0.1, -0.05) is 30.3 Å². The SMILES string of the molecule is O=C(Cc1ccccc1)[C@@]1(F)CCCOC1=O. The number of halogens is 1. The molecule has 3 nitrogen and oxygen atoms in total. The molecule has 1 atom stereocenters. The average molecular weight is 236 g/mol. The normalized spacial score (nSPS) is 24.2. The van der Waals surface area contributed by atoms with Crippen LogP contribution in [0.1, 0.15) is 18.4 Å². The molecule has 1 fully saturated rings. The third-order valence-electron chi connectivity index (χ3n) is 2.87. The number of ketones is 1. The van der Waals surface area contributed by atoms with E-state index in [4.69, 9.17) is 0 Å². The number of hydrogen-bond acceptors (Lipinski definition) is 3. The molecule has 1 aliphatic rings. The number of alkyl halides is 1. The van der Waals surface area contributed by atoms with E-state index in [-0.39, 0.29) is 19.4 Å². The molecule has 0 aliphatic carbocycles. The Kier molecular flexibility index (Phi) is 3.22. The topological polar surface area (TPSA) is 43.4 Å². The van der Waals surface area contributed by atoms with Gasteiger partial charge in [-0.25, -0.2) is 9.18 Å². The van der Waals surface area contributed by atoms with E-state index in [1.54, 1.807) is 24.3 Å². The van der Waals surface area contributed by atoms with Crippen molar-refractivity contribution in [2.75, 3.05) is 6.61 Å². The Hall–Kier alpha value is -1.71. The van der Waals surface area contributed by atoms with E-state index < -0.39 is 17.4 Å². The van der Waals surface area contributed by atoms with Crippen molar-refractivity contribution in [2.45, 2.75) is 24.9 Å². The third-order valence-corrected chi connectivity index (χ3v) is 2.87. The minimum atomic E-state index is -2.45. The van der Waals surface area contributed by atoms with Gasteiger partial charge in [-0.3, -0.25) is 4.79 Å². The standard InChI is InChI=1S/C13H13FO3/c14-13(7-4-8-17-12(13)16)11(15)9-10-5-2-1-3-6-10/h1-3,5-6H,4,7-9H2/t13-/m0/s1. The van der Waals surface area contributed by atoms with Crippen LogP contribution in [0.2, 0.25) is 0 Å². The first kappa shape index (κ1) is 11.8. The Labute approximate surface area is 98.6 Å². The van der Waals surface area contributed by atoms with Gasteiger partial charge in [-0.05, 0) is 12.0 Å². The third kappa shape index (κ3) is 2.35. The van der Waals surface area contributed by atoms with Crippen molar-refractivity contribution in [3.8, 4) is 0 Å². The van der Waals surface area contributed by atoms with Gasteiger partial charge in [0, 0.05) is 12.8 Å². The largest absolute Gasteiger partial charge is 0.463 e. The van der Waals surface area contributed by atoms with Crippen molar-refractivity contribution in [1.29, 1.82) is 0 Å². The molecule has 4 heteroatoms. The van der Waals surface area contributed by atoms with Gasteiger partial charge < -0.3 is 4.74 Å². The van der Waals surface area contributed by atoms with Crippen LogP contribution in [0.4, 0.5) is 4.39 Å². The Morgan fingerprint density at radius 3 is 2.71 bits per heavy atom. The number of ether oxygens (including phenoxy) is 1. The number of benzene rings is 1. The first-order chi connectivity index (χ1) is 8.13. The fraction of sp³-hybridized carbons (Fsp3) is 0.385. The molecule has 1 aromatic rings. The molecule has 0 unspecified atom stereocenters. The minimum absolute atomic E-state index is 0.0719. The molecule has 1 aromatic carbocycles. The average Bonchev–Trinajstić information content (AvgIpc) is 2.34. The van der Waals surface area contributed by atoms with Crippen LogP contribution >= 0.6 is 0 Å². The predicted molar refractivity (Wildman–Crippen MR) is 59.2 cm³/mol. The summed E-state index contributed by atoms with van der Waals surface area (Å²) in [6.07, 6.45) is 0.243. The van der Waals surface area contributed by atoms with Gasteiger partial charge >= 0.3 is 5.97 Å². The molecule has 0 amide bonds. The first-order valence-electron chi connectivity index (χ1n) is 5.56. The van der Waals surface area contributed by atoms with Gasteiger partial charge in [-0.2, -0.15) is 0 Å². The van der Waals surface area contributed by atoms with Crippen LogP contribution in [0.15, 0.2) is 30.3 Å². The molecule has 1 saturated heterocycles. The molecule has 2 rings (SSSR count). The zero-order valence-corrected chi connectivity index (χ0v) is 9.32. The van der Waals surface area contributed by atoms with Crippen LogP contribution in [0.3, 0.4) is 0 Å². The van der Waals surface area contributed by atoms with Crippen LogP contribution < -0.4 is 0 Å². The summed E-state index contributed by atoms with van der Waals surface area (Å²) in [4.78, 5) is 23.2. The summed E-state index contributed by atoms with van der Waals surface area (Å²) in [5.41, 5.74) is -1.75. The quantitative estimate of drug-likeness (QED) is 0.594. The van der Waals surface area contributed by atoms with E-state index in [9.17, 15) is 14.0 Å². The second-order valence-corrected chi connectivity index (χ2v) is 4.13.